The molecular formula is C24H25N3O3S. The molecule has 0 aliphatic heterocycles. The van der Waals surface area contributed by atoms with E-state index in [1.54, 1.807) is 11.7 Å². The van der Waals surface area contributed by atoms with Crippen molar-refractivity contribution >= 4 is 22.7 Å². The van der Waals surface area contributed by atoms with Crippen molar-refractivity contribution in [3.8, 4) is 11.5 Å². The maximum Gasteiger partial charge on any atom is 0.262 e. The standard InChI is InChI=1S/C24H25N3O3S/c1-16-9-4-5-10-18(16)22-25-21(17(2)30-22)15-31-24-26-20-12-7-6-11-19(20)23(28)27(24)13-8-14-29-3/h4-7,9-12H,8,13-15H2,1-3H3. The van der Waals surface area contributed by atoms with Crippen LogP contribution in [0.1, 0.15) is 23.4 Å². The quantitative estimate of drug-likeness (QED) is 0.220. The largest absolute Gasteiger partial charge is 0.441 e. The maximum absolute atomic E-state index is 13.1. The zero-order valence-electron chi connectivity index (χ0n) is 17.9. The molecule has 2 heterocycles. The number of aryl methyl sites for hydroxylation is 2. The molecule has 4 aromatic rings. The number of benzene rings is 2. The highest BCUT2D eigenvalue weighted by Crippen LogP contribution is 2.28. The van der Waals surface area contributed by atoms with Crippen LogP contribution in [0.25, 0.3) is 22.4 Å². The molecule has 6 nitrogen and oxygen atoms in total. The van der Waals surface area contributed by atoms with Crippen molar-refractivity contribution in [2.24, 2.45) is 0 Å². The molecule has 0 atom stereocenters. The van der Waals surface area contributed by atoms with Gasteiger partial charge in [0.05, 0.1) is 16.6 Å². The molecule has 0 amide bonds. The highest BCUT2D eigenvalue weighted by atomic mass is 32.2. The minimum absolute atomic E-state index is 0.0262. The Morgan fingerprint density at radius 2 is 1.84 bits per heavy atom. The Labute approximate surface area is 185 Å². The summed E-state index contributed by atoms with van der Waals surface area (Å²) in [5.41, 5.74) is 3.64. The van der Waals surface area contributed by atoms with Crippen molar-refractivity contribution in [1.82, 2.24) is 14.5 Å². The van der Waals surface area contributed by atoms with Gasteiger partial charge in [-0.15, -0.1) is 0 Å². The summed E-state index contributed by atoms with van der Waals surface area (Å²) in [6, 6.07) is 15.5. The Kier molecular flexibility index (Phi) is 6.53. The van der Waals surface area contributed by atoms with Gasteiger partial charge in [0.15, 0.2) is 5.16 Å². The van der Waals surface area contributed by atoms with Gasteiger partial charge < -0.3 is 9.15 Å². The molecule has 0 fully saturated rings. The van der Waals surface area contributed by atoms with E-state index in [1.165, 1.54) is 11.8 Å². The molecule has 0 saturated heterocycles. The lowest BCUT2D eigenvalue weighted by Crippen LogP contribution is -2.24. The number of aromatic nitrogens is 3. The number of para-hydroxylation sites is 1. The Morgan fingerprint density at radius 3 is 2.65 bits per heavy atom. The Morgan fingerprint density at radius 1 is 1.06 bits per heavy atom. The lowest BCUT2D eigenvalue weighted by atomic mass is 10.1. The van der Waals surface area contributed by atoms with E-state index in [9.17, 15) is 4.79 Å². The fourth-order valence-electron chi connectivity index (χ4n) is 3.44. The normalized spacial score (nSPS) is 11.3. The summed E-state index contributed by atoms with van der Waals surface area (Å²) < 4.78 is 12.8. The van der Waals surface area contributed by atoms with Crippen molar-refractivity contribution < 1.29 is 9.15 Å². The van der Waals surface area contributed by atoms with Gasteiger partial charge in [0.2, 0.25) is 5.89 Å². The second-order valence-electron chi connectivity index (χ2n) is 7.34. The minimum atomic E-state index is -0.0262. The van der Waals surface area contributed by atoms with Crippen LogP contribution in [-0.4, -0.2) is 28.3 Å². The van der Waals surface area contributed by atoms with Crippen LogP contribution in [0.15, 0.2) is 62.9 Å². The lowest BCUT2D eigenvalue weighted by molar-refractivity contribution is 0.189. The monoisotopic (exact) mass is 435 g/mol. The summed E-state index contributed by atoms with van der Waals surface area (Å²) >= 11 is 1.50. The highest BCUT2D eigenvalue weighted by Gasteiger charge is 2.16. The minimum Gasteiger partial charge on any atom is -0.441 e. The predicted octanol–water partition coefficient (Wildman–Crippen LogP) is 5.00. The molecule has 0 aliphatic carbocycles. The predicted molar refractivity (Wildman–Crippen MR) is 123 cm³/mol. The molecule has 31 heavy (non-hydrogen) atoms. The number of nitrogens with zero attached hydrogens (tertiary/aromatic N) is 3. The number of hydrogen-bond donors (Lipinski definition) is 0. The van der Waals surface area contributed by atoms with Crippen LogP contribution in [0.5, 0.6) is 0 Å². The maximum atomic E-state index is 13.1. The van der Waals surface area contributed by atoms with Crippen LogP contribution in [-0.2, 0) is 17.0 Å². The topological polar surface area (TPSA) is 70.2 Å². The fraction of sp³-hybridized carbons (Fsp3) is 0.292. The first-order valence-electron chi connectivity index (χ1n) is 10.2. The van der Waals surface area contributed by atoms with Gasteiger partial charge in [-0.05, 0) is 44.0 Å². The van der Waals surface area contributed by atoms with E-state index in [-0.39, 0.29) is 5.56 Å². The van der Waals surface area contributed by atoms with Gasteiger partial charge in [-0.25, -0.2) is 9.97 Å². The molecule has 160 valence electrons. The van der Waals surface area contributed by atoms with E-state index in [1.807, 2.05) is 62.4 Å². The van der Waals surface area contributed by atoms with Gasteiger partial charge in [0.25, 0.3) is 5.56 Å². The third-order valence-corrected chi connectivity index (χ3v) is 6.15. The fourth-order valence-corrected chi connectivity index (χ4v) is 4.47. The van der Waals surface area contributed by atoms with Crippen molar-refractivity contribution in [3.63, 3.8) is 0 Å². The first kappa shape index (κ1) is 21.3. The molecule has 0 radical (unpaired) electrons. The van der Waals surface area contributed by atoms with Crippen LogP contribution < -0.4 is 5.56 Å². The molecule has 0 bridgehead atoms. The van der Waals surface area contributed by atoms with Crippen molar-refractivity contribution in [3.05, 3.63) is 75.9 Å². The first-order chi connectivity index (χ1) is 15.1. The zero-order valence-corrected chi connectivity index (χ0v) is 18.7. The van der Waals surface area contributed by atoms with E-state index in [2.05, 4.69) is 0 Å². The first-order valence-corrected chi connectivity index (χ1v) is 11.2. The molecule has 0 unspecified atom stereocenters. The van der Waals surface area contributed by atoms with Gasteiger partial charge in [-0.3, -0.25) is 9.36 Å². The Hall–Kier alpha value is -2.90. The van der Waals surface area contributed by atoms with E-state index in [0.717, 1.165) is 29.0 Å². The SMILES string of the molecule is COCCCn1c(SCc2nc(-c3ccccc3C)oc2C)nc2ccccc2c1=O. The number of hydrogen-bond acceptors (Lipinski definition) is 6. The molecule has 0 aliphatic rings. The molecule has 0 N–H and O–H groups in total. The summed E-state index contributed by atoms with van der Waals surface area (Å²) in [4.78, 5) is 22.6. The Balaban J connectivity index is 1.64. The average Bonchev–Trinajstić information content (AvgIpc) is 3.14. The van der Waals surface area contributed by atoms with Gasteiger partial charge in [0.1, 0.15) is 5.76 Å². The van der Waals surface area contributed by atoms with E-state index in [0.29, 0.717) is 40.9 Å². The molecule has 0 saturated carbocycles. The second-order valence-corrected chi connectivity index (χ2v) is 8.28. The number of fused-ring (bicyclic) bond motifs is 1. The van der Waals surface area contributed by atoms with Crippen LogP contribution in [0.2, 0.25) is 0 Å². The second kappa shape index (κ2) is 9.49. The van der Waals surface area contributed by atoms with Crippen LogP contribution in [0.3, 0.4) is 0 Å². The summed E-state index contributed by atoms with van der Waals surface area (Å²) in [5, 5.41) is 1.31. The van der Waals surface area contributed by atoms with E-state index in [4.69, 9.17) is 19.1 Å². The third kappa shape index (κ3) is 4.57. The van der Waals surface area contributed by atoms with Gasteiger partial charge in [-0.2, -0.15) is 0 Å². The number of thioether (sulfide) groups is 1. The number of ether oxygens (including phenoxy) is 1. The van der Waals surface area contributed by atoms with E-state index < -0.39 is 0 Å². The molecule has 4 rings (SSSR count). The third-order valence-electron chi connectivity index (χ3n) is 5.16. The molecule has 7 heteroatoms. The lowest BCUT2D eigenvalue weighted by Gasteiger charge is -2.12. The van der Waals surface area contributed by atoms with Crippen molar-refractivity contribution in [1.29, 1.82) is 0 Å². The van der Waals surface area contributed by atoms with Crippen LogP contribution in [0, 0.1) is 13.8 Å². The molecule has 0 spiro atoms. The summed E-state index contributed by atoms with van der Waals surface area (Å²) in [5.74, 6) is 1.96. The molecular weight excluding hydrogens is 410 g/mol. The summed E-state index contributed by atoms with van der Waals surface area (Å²) in [7, 11) is 1.66. The number of methoxy groups -OCH3 is 1. The highest BCUT2D eigenvalue weighted by molar-refractivity contribution is 7.98. The van der Waals surface area contributed by atoms with Gasteiger partial charge >= 0.3 is 0 Å². The molecule has 2 aromatic carbocycles. The number of rotatable bonds is 8. The van der Waals surface area contributed by atoms with Gasteiger partial charge in [-0.1, -0.05) is 42.1 Å². The van der Waals surface area contributed by atoms with Crippen LogP contribution in [0.4, 0.5) is 0 Å². The smallest absolute Gasteiger partial charge is 0.262 e. The zero-order chi connectivity index (χ0) is 21.8. The Bertz CT molecular complexity index is 1260. The average molecular weight is 436 g/mol. The summed E-state index contributed by atoms with van der Waals surface area (Å²) in [6.07, 6.45) is 0.740. The van der Waals surface area contributed by atoms with Crippen LogP contribution >= 0.6 is 11.8 Å². The van der Waals surface area contributed by atoms with Gasteiger partial charge in [0, 0.05) is 31.6 Å². The summed E-state index contributed by atoms with van der Waals surface area (Å²) in [6.45, 7) is 5.11. The molecule has 2 aromatic heterocycles. The van der Waals surface area contributed by atoms with Crippen molar-refractivity contribution in [2.75, 3.05) is 13.7 Å². The number of oxazole rings is 1. The van der Waals surface area contributed by atoms with E-state index >= 15 is 0 Å². The van der Waals surface area contributed by atoms with Crippen molar-refractivity contribution in [2.45, 2.75) is 37.7 Å².